The van der Waals surface area contributed by atoms with Crippen LogP contribution in [0.15, 0.2) is 10.2 Å². The van der Waals surface area contributed by atoms with Crippen LogP contribution >= 0.6 is 8.38 Å². The van der Waals surface area contributed by atoms with Gasteiger partial charge < -0.3 is 14.2 Å². The van der Waals surface area contributed by atoms with E-state index in [0.29, 0.717) is 37.5 Å². The average molecular weight is 290 g/mol. The topological polar surface area (TPSA) is 105 Å². The first-order chi connectivity index (χ1) is 9.15. The molecule has 0 aromatic heterocycles. The Morgan fingerprint density at radius 3 is 2.26 bits per heavy atom. The molecule has 1 aliphatic rings. The molecule has 0 atom stereocenters. The van der Waals surface area contributed by atoms with Crippen molar-refractivity contribution in [2.45, 2.75) is 26.7 Å². The number of carbonyl (C=O) groups is 1. The van der Waals surface area contributed by atoms with Gasteiger partial charge in [0.05, 0.1) is 25.8 Å². The number of aliphatic carboxylic acids is 1. The molecule has 19 heavy (non-hydrogen) atoms. The molecule has 0 radical (unpaired) electrons. The van der Waals surface area contributed by atoms with E-state index in [1.807, 2.05) is 13.8 Å². The van der Waals surface area contributed by atoms with E-state index in [1.165, 1.54) is 0 Å². The first kappa shape index (κ1) is 15.8. The van der Waals surface area contributed by atoms with Gasteiger partial charge in [-0.3, -0.25) is 15.6 Å². The Kier molecular flexibility index (Phi) is 7.32. The molecule has 0 fully saturated rings. The number of hydrogen-bond acceptors (Lipinski definition) is 7. The summed E-state index contributed by atoms with van der Waals surface area (Å²) in [5, 5.41) is 16.7. The summed E-state index contributed by atoms with van der Waals surface area (Å²) < 4.78 is 10.9. The molecule has 0 aromatic rings. The molecule has 1 heterocycles. The molecule has 0 aromatic carbocycles. The summed E-state index contributed by atoms with van der Waals surface area (Å²) in [6.07, 6.45) is 0.841. The van der Waals surface area contributed by atoms with Gasteiger partial charge in [-0.2, -0.15) is 10.2 Å². The zero-order valence-corrected chi connectivity index (χ0v) is 11.9. The molecule has 1 rings (SSSR count). The fourth-order valence-corrected chi connectivity index (χ4v) is 2.48. The van der Waals surface area contributed by atoms with Crippen molar-refractivity contribution in [2.75, 3.05) is 19.4 Å². The van der Waals surface area contributed by atoms with Crippen molar-refractivity contribution in [1.29, 1.82) is 0 Å². The highest BCUT2D eigenvalue weighted by Gasteiger charge is 2.16. The maximum absolute atomic E-state index is 10.4. The minimum Gasteiger partial charge on any atom is -0.481 e. The van der Waals surface area contributed by atoms with Crippen molar-refractivity contribution < 1.29 is 18.9 Å². The Balaban J connectivity index is 2.36. The number of carboxylic acid groups (broad SMARTS) is 1. The minimum absolute atomic E-state index is 0.0168. The van der Waals surface area contributed by atoms with E-state index in [0.717, 1.165) is 0 Å². The highest BCUT2D eigenvalue weighted by atomic mass is 31.2. The minimum atomic E-state index is -1.01. The molecule has 0 amide bonds. The summed E-state index contributed by atoms with van der Waals surface area (Å²) in [7, 11) is -1.01. The quantitative estimate of drug-likeness (QED) is 0.548. The maximum Gasteiger partial charge on any atom is 0.303 e. The summed E-state index contributed by atoms with van der Waals surface area (Å²) in [5.41, 5.74) is 5.50. The fraction of sp³-hybridized carbons (Fsp3) is 0.700. The molecule has 8 nitrogen and oxygen atoms in total. The van der Waals surface area contributed by atoms with E-state index in [4.69, 9.17) is 14.2 Å². The number of rotatable bonds is 9. The Bertz CT molecular complexity index is 355. The van der Waals surface area contributed by atoms with Crippen LogP contribution in [0.5, 0.6) is 0 Å². The Hall–Kier alpha value is -1.24. The predicted molar refractivity (Wildman–Crippen MR) is 73.1 cm³/mol. The van der Waals surface area contributed by atoms with E-state index in [2.05, 4.69) is 21.1 Å². The van der Waals surface area contributed by atoms with Crippen LogP contribution in [-0.2, 0) is 13.8 Å². The number of hydrazone groups is 2. The summed E-state index contributed by atoms with van der Waals surface area (Å²) in [6.45, 7) is 4.98. The zero-order chi connectivity index (χ0) is 14.1. The molecule has 0 bridgehead atoms. The third-order valence-electron chi connectivity index (χ3n) is 2.04. The number of carboxylic acids is 1. The largest absolute Gasteiger partial charge is 0.481 e. The molecule has 1 aliphatic heterocycles. The van der Waals surface area contributed by atoms with Gasteiger partial charge in [-0.25, -0.2) is 0 Å². The van der Waals surface area contributed by atoms with E-state index < -0.39 is 14.3 Å². The first-order valence-corrected chi connectivity index (χ1v) is 7.42. The fourth-order valence-electron chi connectivity index (χ4n) is 1.26. The number of amidine groups is 2. The monoisotopic (exact) mass is 290 g/mol. The third-order valence-corrected chi connectivity index (χ3v) is 3.69. The van der Waals surface area contributed by atoms with Gasteiger partial charge in [0, 0.05) is 6.42 Å². The lowest BCUT2D eigenvalue weighted by molar-refractivity contribution is -0.136. The standard InChI is InChI=1S/C10H19N4O4P/c1-3-17-19(18-4-2)7-9-13-11-8(12-14-9)5-6-10(15)16/h3-7H2,1-2H3,(H,11,12)(H,13,14)(H,15,16). The van der Waals surface area contributed by atoms with Gasteiger partial charge in [0.2, 0.25) is 0 Å². The Morgan fingerprint density at radius 1 is 1.21 bits per heavy atom. The average Bonchev–Trinajstić information content (AvgIpc) is 2.38. The Labute approximate surface area is 113 Å². The molecular formula is C10H19N4O4P. The van der Waals surface area contributed by atoms with Crippen LogP contribution in [-0.4, -0.2) is 42.1 Å². The summed E-state index contributed by atoms with van der Waals surface area (Å²) in [5.74, 6) is 0.255. The third kappa shape index (κ3) is 6.47. The normalized spacial score (nSPS) is 14.5. The maximum atomic E-state index is 10.4. The second-order valence-corrected chi connectivity index (χ2v) is 5.06. The zero-order valence-electron chi connectivity index (χ0n) is 11.0. The molecule has 9 heteroatoms. The van der Waals surface area contributed by atoms with Gasteiger partial charge in [-0.1, -0.05) is 0 Å². The second-order valence-electron chi connectivity index (χ2n) is 3.56. The Morgan fingerprint density at radius 2 is 1.79 bits per heavy atom. The summed E-state index contributed by atoms with van der Waals surface area (Å²) in [6, 6.07) is 0. The lowest BCUT2D eigenvalue weighted by Gasteiger charge is -2.19. The predicted octanol–water partition coefficient (Wildman–Crippen LogP) is 1.06. The molecule has 108 valence electrons. The van der Waals surface area contributed by atoms with Crippen LogP contribution in [0.1, 0.15) is 26.7 Å². The van der Waals surface area contributed by atoms with E-state index >= 15 is 0 Å². The van der Waals surface area contributed by atoms with Gasteiger partial charge in [0.1, 0.15) is 5.84 Å². The van der Waals surface area contributed by atoms with Crippen molar-refractivity contribution >= 4 is 26.0 Å². The van der Waals surface area contributed by atoms with Crippen LogP contribution in [0.25, 0.3) is 0 Å². The van der Waals surface area contributed by atoms with Gasteiger partial charge in [-0.05, 0) is 13.8 Å². The van der Waals surface area contributed by atoms with Crippen LogP contribution in [0, 0.1) is 0 Å². The molecule has 0 unspecified atom stereocenters. The van der Waals surface area contributed by atoms with Crippen LogP contribution < -0.4 is 10.9 Å². The SMILES string of the molecule is CCOP(CC1=NNC(CCC(=O)O)=NN1)OCC. The second kappa shape index (κ2) is 8.79. The van der Waals surface area contributed by atoms with Crippen LogP contribution in [0.2, 0.25) is 0 Å². The van der Waals surface area contributed by atoms with Crippen molar-refractivity contribution in [3.05, 3.63) is 0 Å². The molecular weight excluding hydrogens is 271 g/mol. The molecule has 0 aliphatic carbocycles. The highest BCUT2D eigenvalue weighted by molar-refractivity contribution is 7.48. The molecule has 0 saturated carbocycles. The van der Waals surface area contributed by atoms with Gasteiger partial charge in [0.25, 0.3) is 0 Å². The van der Waals surface area contributed by atoms with Crippen molar-refractivity contribution in [3.8, 4) is 0 Å². The number of hydrogen-bond donors (Lipinski definition) is 3. The highest BCUT2D eigenvalue weighted by Crippen LogP contribution is 2.37. The van der Waals surface area contributed by atoms with Gasteiger partial charge in [0.15, 0.2) is 14.2 Å². The van der Waals surface area contributed by atoms with Crippen molar-refractivity contribution in [1.82, 2.24) is 10.9 Å². The molecule has 0 saturated heterocycles. The van der Waals surface area contributed by atoms with E-state index in [1.54, 1.807) is 0 Å². The van der Waals surface area contributed by atoms with E-state index in [-0.39, 0.29) is 6.42 Å². The van der Waals surface area contributed by atoms with Crippen molar-refractivity contribution in [3.63, 3.8) is 0 Å². The molecule has 3 N–H and O–H groups in total. The number of nitrogens with one attached hydrogen (secondary N) is 2. The van der Waals surface area contributed by atoms with Crippen LogP contribution in [0.4, 0.5) is 0 Å². The lowest BCUT2D eigenvalue weighted by Crippen LogP contribution is -2.35. The first-order valence-electron chi connectivity index (χ1n) is 6.06. The van der Waals surface area contributed by atoms with E-state index in [9.17, 15) is 4.79 Å². The van der Waals surface area contributed by atoms with Gasteiger partial charge in [-0.15, -0.1) is 0 Å². The summed E-state index contributed by atoms with van der Waals surface area (Å²) in [4.78, 5) is 10.4. The van der Waals surface area contributed by atoms with Crippen LogP contribution in [0.3, 0.4) is 0 Å². The molecule has 0 spiro atoms. The number of nitrogens with zero attached hydrogens (tertiary/aromatic N) is 2. The smallest absolute Gasteiger partial charge is 0.303 e. The lowest BCUT2D eigenvalue weighted by atomic mass is 10.3. The summed E-state index contributed by atoms with van der Waals surface area (Å²) >= 11 is 0. The van der Waals surface area contributed by atoms with Crippen molar-refractivity contribution in [2.24, 2.45) is 10.2 Å². The van der Waals surface area contributed by atoms with Gasteiger partial charge >= 0.3 is 5.97 Å².